The van der Waals surface area contributed by atoms with Crippen molar-refractivity contribution in [1.29, 1.82) is 0 Å². The van der Waals surface area contributed by atoms with Crippen LogP contribution in [0.5, 0.6) is 5.75 Å². The molecule has 29 heavy (non-hydrogen) atoms. The van der Waals surface area contributed by atoms with E-state index in [1.165, 1.54) is 0 Å². The maximum absolute atomic E-state index is 13.3. The molecule has 150 valence electrons. The number of nitrogens with zero attached hydrogens (tertiary/aromatic N) is 1. The molecule has 0 unspecified atom stereocenters. The fourth-order valence-corrected chi connectivity index (χ4v) is 4.85. The molecule has 0 saturated heterocycles. The summed E-state index contributed by atoms with van der Waals surface area (Å²) in [4.78, 5) is 13.3. The third kappa shape index (κ3) is 4.02. The van der Waals surface area contributed by atoms with E-state index in [0.29, 0.717) is 0 Å². The Balaban J connectivity index is 1.65. The summed E-state index contributed by atoms with van der Waals surface area (Å²) in [7, 11) is 1.65. The van der Waals surface area contributed by atoms with Crippen LogP contribution in [0.2, 0.25) is 0 Å². The highest BCUT2D eigenvalue weighted by Crippen LogP contribution is 2.39. The van der Waals surface area contributed by atoms with Crippen LogP contribution in [0, 0.1) is 13.8 Å². The van der Waals surface area contributed by atoms with Gasteiger partial charge in [-0.05, 0) is 67.4 Å². The van der Waals surface area contributed by atoms with Gasteiger partial charge in [0.1, 0.15) is 11.0 Å². The zero-order valence-corrected chi connectivity index (χ0v) is 18.8. The zero-order chi connectivity index (χ0) is 20.5. The van der Waals surface area contributed by atoms with Crippen molar-refractivity contribution in [1.82, 2.24) is 4.68 Å². The Kier molecular flexibility index (Phi) is 5.61. The number of aromatic nitrogens is 1. The fourth-order valence-electron chi connectivity index (χ4n) is 3.38. The summed E-state index contributed by atoms with van der Waals surface area (Å²) in [5, 5.41) is 3.79. The van der Waals surface area contributed by atoms with Crippen molar-refractivity contribution in [2.45, 2.75) is 30.2 Å². The highest BCUT2D eigenvalue weighted by molar-refractivity contribution is 9.10. The van der Waals surface area contributed by atoms with Gasteiger partial charge in [0.05, 0.1) is 18.2 Å². The highest BCUT2D eigenvalue weighted by atomic mass is 79.9. The average molecular weight is 472 g/mol. The molecule has 2 atom stereocenters. The van der Waals surface area contributed by atoms with Crippen molar-refractivity contribution in [3.8, 4) is 5.75 Å². The van der Waals surface area contributed by atoms with E-state index in [1.54, 1.807) is 18.9 Å². The second-order valence-electron chi connectivity index (χ2n) is 7.02. The number of rotatable bonds is 4. The summed E-state index contributed by atoms with van der Waals surface area (Å²) in [6.45, 7) is 4.06. The van der Waals surface area contributed by atoms with Gasteiger partial charge in [-0.25, -0.2) is 0 Å². The lowest BCUT2D eigenvalue weighted by molar-refractivity contribution is -0.116. The van der Waals surface area contributed by atoms with Crippen LogP contribution in [-0.2, 0) is 4.79 Å². The van der Waals surface area contributed by atoms with E-state index in [4.69, 9.17) is 4.74 Å². The number of hydrogen-bond acceptors (Lipinski definition) is 4. The normalized spacial score (nSPS) is 17.9. The van der Waals surface area contributed by atoms with E-state index < -0.39 is 0 Å². The minimum absolute atomic E-state index is 0.0323. The maximum atomic E-state index is 13.3. The van der Waals surface area contributed by atoms with Crippen molar-refractivity contribution in [3.63, 3.8) is 0 Å². The second-order valence-corrected chi connectivity index (χ2v) is 9.04. The van der Waals surface area contributed by atoms with Gasteiger partial charge in [-0.15, -0.1) is 0 Å². The second kappa shape index (κ2) is 8.16. The fraction of sp³-hybridized carbons (Fsp3) is 0.227. The van der Waals surface area contributed by atoms with Crippen LogP contribution in [-0.4, -0.2) is 22.9 Å². The van der Waals surface area contributed by atoms with Crippen LogP contribution < -0.4 is 15.5 Å². The Morgan fingerprint density at radius 3 is 2.59 bits per heavy atom. The lowest BCUT2D eigenvalue weighted by Gasteiger charge is -2.34. The topological polar surface area (TPSA) is 55.3 Å². The van der Waals surface area contributed by atoms with E-state index in [1.807, 2.05) is 67.1 Å². The van der Waals surface area contributed by atoms with Gasteiger partial charge in [0.25, 0.3) is 0 Å². The molecular weight excluding hydrogens is 450 g/mol. The van der Waals surface area contributed by atoms with Crippen LogP contribution >= 0.6 is 27.7 Å². The molecular formula is C22H22BrN3O2S. The monoisotopic (exact) mass is 471 g/mol. The third-order valence-corrected chi connectivity index (χ3v) is 7.21. The van der Waals surface area contributed by atoms with Crippen LogP contribution in [0.4, 0.5) is 5.69 Å². The molecule has 0 spiro atoms. The first-order valence-corrected chi connectivity index (χ1v) is 11.0. The Hall–Kier alpha value is -2.38. The van der Waals surface area contributed by atoms with E-state index in [2.05, 4.69) is 32.7 Å². The Morgan fingerprint density at radius 2 is 1.90 bits per heavy atom. The standard InChI is InChI=1S/C22H22BrN3O2S/c1-13-12-16(7-10-18(13)23)24-22(27)21-20(15-5-8-17(28-3)9-6-15)25-26-14(2)4-11-19(26)29-21/h4-12,20-21,25H,1-3H3,(H,24,27)/t20-,21+/m0/s1. The lowest BCUT2D eigenvalue weighted by Crippen LogP contribution is -2.41. The number of carbonyl (C=O) groups excluding carboxylic acids is 1. The Bertz CT molecular complexity index is 1050. The number of hydrogen-bond donors (Lipinski definition) is 2. The first kappa shape index (κ1) is 19.9. The number of anilines is 1. The van der Waals surface area contributed by atoms with Crippen molar-refractivity contribution in [3.05, 3.63) is 75.9 Å². The number of nitrogens with one attached hydrogen (secondary N) is 2. The SMILES string of the molecule is COc1ccc([C@@H]2Nn3c(C)ccc3S[C@H]2C(=O)Nc2ccc(Br)c(C)c2)cc1. The molecule has 2 N–H and O–H groups in total. The Morgan fingerprint density at radius 1 is 1.14 bits per heavy atom. The number of ether oxygens (including phenoxy) is 1. The van der Waals surface area contributed by atoms with E-state index >= 15 is 0 Å². The maximum Gasteiger partial charge on any atom is 0.240 e. The molecule has 1 aliphatic rings. The first-order chi connectivity index (χ1) is 14.0. The molecule has 1 aliphatic heterocycles. The zero-order valence-electron chi connectivity index (χ0n) is 16.4. The van der Waals surface area contributed by atoms with Gasteiger partial charge in [-0.3, -0.25) is 9.47 Å². The van der Waals surface area contributed by atoms with Crippen molar-refractivity contribution >= 4 is 39.3 Å². The van der Waals surface area contributed by atoms with Crippen LogP contribution in [0.25, 0.3) is 0 Å². The van der Waals surface area contributed by atoms with Crippen LogP contribution in [0.15, 0.2) is 64.1 Å². The van der Waals surface area contributed by atoms with Crippen molar-refractivity contribution < 1.29 is 9.53 Å². The minimum atomic E-state index is -0.325. The van der Waals surface area contributed by atoms with Gasteiger partial charge in [0, 0.05) is 15.9 Å². The summed E-state index contributed by atoms with van der Waals surface area (Å²) in [6, 6.07) is 17.6. The summed E-state index contributed by atoms with van der Waals surface area (Å²) < 4.78 is 8.35. The molecule has 7 heteroatoms. The van der Waals surface area contributed by atoms with E-state index in [0.717, 1.165) is 37.8 Å². The third-order valence-electron chi connectivity index (χ3n) is 5.02. The number of aryl methyl sites for hydroxylation is 2. The average Bonchev–Trinajstić information content (AvgIpc) is 3.10. The number of fused-ring (bicyclic) bond motifs is 1. The Labute approximate surface area is 182 Å². The van der Waals surface area contributed by atoms with E-state index in [9.17, 15) is 4.79 Å². The number of carbonyl (C=O) groups is 1. The number of amides is 1. The number of halogens is 1. The van der Waals surface area contributed by atoms with Gasteiger partial charge in [0.15, 0.2) is 0 Å². The van der Waals surface area contributed by atoms with Crippen LogP contribution in [0.1, 0.15) is 22.9 Å². The molecule has 1 amide bonds. The number of methoxy groups -OCH3 is 1. The quantitative estimate of drug-likeness (QED) is 0.543. The molecule has 0 fully saturated rings. The minimum Gasteiger partial charge on any atom is -0.497 e. The molecule has 0 bridgehead atoms. The number of benzene rings is 2. The predicted molar refractivity (Wildman–Crippen MR) is 121 cm³/mol. The molecule has 5 nitrogen and oxygen atoms in total. The summed E-state index contributed by atoms with van der Waals surface area (Å²) in [5.74, 6) is 0.761. The molecule has 0 saturated carbocycles. The molecule has 4 rings (SSSR count). The highest BCUT2D eigenvalue weighted by Gasteiger charge is 2.36. The molecule has 2 aromatic carbocycles. The van der Waals surface area contributed by atoms with Crippen LogP contribution in [0.3, 0.4) is 0 Å². The van der Waals surface area contributed by atoms with Crippen molar-refractivity contribution in [2.75, 3.05) is 17.9 Å². The smallest absolute Gasteiger partial charge is 0.240 e. The van der Waals surface area contributed by atoms with E-state index in [-0.39, 0.29) is 17.2 Å². The molecule has 0 radical (unpaired) electrons. The lowest BCUT2D eigenvalue weighted by atomic mass is 10.0. The predicted octanol–water partition coefficient (Wildman–Crippen LogP) is 5.27. The molecule has 2 heterocycles. The van der Waals surface area contributed by atoms with Gasteiger partial charge in [-0.1, -0.05) is 39.8 Å². The number of thioether (sulfide) groups is 1. The first-order valence-electron chi connectivity index (χ1n) is 9.29. The van der Waals surface area contributed by atoms with Gasteiger partial charge in [0.2, 0.25) is 5.91 Å². The summed E-state index contributed by atoms with van der Waals surface area (Å²) in [6.07, 6.45) is 0. The van der Waals surface area contributed by atoms with Crippen molar-refractivity contribution in [2.24, 2.45) is 0 Å². The molecule has 3 aromatic rings. The summed E-state index contributed by atoms with van der Waals surface area (Å²) >= 11 is 5.08. The van der Waals surface area contributed by atoms with Gasteiger partial charge >= 0.3 is 0 Å². The molecule has 0 aliphatic carbocycles. The van der Waals surface area contributed by atoms with Gasteiger partial charge < -0.3 is 15.5 Å². The molecule has 1 aromatic heterocycles. The largest absolute Gasteiger partial charge is 0.497 e. The van der Waals surface area contributed by atoms with Gasteiger partial charge in [-0.2, -0.15) is 0 Å². The summed E-state index contributed by atoms with van der Waals surface area (Å²) in [5.41, 5.74) is 7.53.